The normalized spacial score (nSPS) is 12.9. The van der Waals surface area contributed by atoms with E-state index >= 15 is 0 Å². The first-order chi connectivity index (χ1) is 8.31. The molecule has 0 fully saturated rings. The number of hydrogen-bond donors (Lipinski definition) is 1. The molecule has 0 spiro atoms. The van der Waals surface area contributed by atoms with Crippen LogP contribution in [0.1, 0.15) is 17.4 Å². The second-order valence-corrected chi connectivity index (χ2v) is 4.50. The van der Waals surface area contributed by atoms with Gasteiger partial charge in [-0.15, -0.1) is 11.3 Å². The third-order valence-corrected chi connectivity index (χ3v) is 3.23. The first-order valence-electron chi connectivity index (χ1n) is 5.34. The molecule has 0 aliphatic heterocycles. The molecule has 0 aliphatic rings. The Morgan fingerprint density at radius 1 is 1.47 bits per heavy atom. The van der Waals surface area contributed by atoms with E-state index in [1.165, 1.54) is 0 Å². The highest BCUT2D eigenvalue weighted by Gasteiger charge is 2.17. The molecule has 0 saturated heterocycles. The molecule has 5 nitrogen and oxygen atoms in total. The van der Waals surface area contributed by atoms with E-state index in [1.807, 2.05) is 24.0 Å². The number of thiazole rings is 1. The van der Waals surface area contributed by atoms with Gasteiger partial charge in [-0.25, -0.2) is 15.0 Å². The van der Waals surface area contributed by atoms with Crippen molar-refractivity contribution in [3.05, 3.63) is 40.9 Å². The highest BCUT2D eigenvalue weighted by molar-refractivity contribution is 7.07. The van der Waals surface area contributed by atoms with Gasteiger partial charge in [-0.2, -0.15) is 0 Å². The van der Waals surface area contributed by atoms with Gasteiger partial charge >= 0.3 is 0 Å². The fourth-order valence-corrected chi connectivity index (χ4v) is 2.26. The molecule has 0 radical (unpaired) electrons. The molecule has 2 N–H and O–H groups in total. The van der Waals surface area contributed by atoms with Crippen molar-refractivity contribution in [2.45, 2.75) is 12.6 Å². The van der Waals surface area contributed by atoms with E-state index in [-0.39, 0.29) is 6.04 Å². The Labute approximate surface area is 104 Å². The second kappa shape index (κ2) is 5.81. The molecule has 2 aromatic heterocycles. The van der Waals surface area contributed by atoms with Gasteiger partial charge in [0.25, 0.3) is 0 Å². The lowest BCUT2D eigenvalue weighted by atomic mass is 10.1. The lowest BCUT2D eigenvalue weighted by Crippen LogP contribution is -2.30. The Kier molecular flexibility index (Phi) is 4.13. The smallest absolute Gasteiger partial charge is 0.115 e. The van der Waals surface area contributed by atoms with Gasteiger partial charge in [-0.1, -0.05) is 0 Å². The van der Waals surface area contributed by atoms with Crippen LogP contribution in [-0.4, -0.2) is 33.4 Å². The summed E-state index contributed by atoms with van der Waals surface area (Å²) in [5, 5.41) is 2.05. The average Bonchev–Trinajstić information content (AvgIpc) is 2.84. The molecule has 17 heavy (non-hydrogen) atoms. The summed E-state index contributed by atoms with van der Waals surface area (Å²) in [7, 11) is 2.03. The topological polar surface area (TPSA) is 67.9 Å². The fraction of sp³-hybridized carbons (Fsp3) is 0.364. The van der Waals surface area contributed by atoms with Crippen molar-refractivity contribution in [1.29, 1.82) is 0 Å². The molecule has 0 saturated carbocycles. The van der Waals surface area contributed by atoms with Crippen LogP contribution >= 0.6 is 11.3 Å². The Balaban J connectivity index is 2.08. The van der Waals surface area contributed by atoms with E-state index in [0.29, 0.717) is 6.54 Å². The van der Waals surface area contributed by atoms with Crippen molar-refractivity contribution >= 4 is 11.3 Å². The number of aromatic nitrogens is 3. The van der Waals surface area contributed by atoms with Gasteiger partial charge in [0.05, 0.1) is 22.9 Å². The number of hydrogen-bond acceptors (Lipinski definition) is 6. The van der Waals surface area contributed by atoms with Gasteiger partial charge < -0.3 is 5.73 Å². The molecule has 2 heterocycles. The molecule has 0 aliphatic carbocycles. The van der Waals surface area contributed by atoms with Crippen molar-refractivity contribution in [3.8, 4) is 0 Å². The molecule has 0 amide bonds. The highest BCUT2D eigenvalue weighted by Crippen LogP contribution is 2.17. The number of rotatable bonds is 5. The van der Waals surface area contributed by atoms with Crippen LogP contribution in [0.15, 0.2) is 29.5 Å². The van der Waals surface area contributed by atoms with Gasteiger partial charge in [0.1, 0.15) is 6.33 Å². The van der Waals surface area contributed by atoms with Crippen molar-refractivity contribution < 1.29 is 0 Å². The zero-order valence-corrected chi connectivity index (χ0v) is 10.5. The third kappa shape index (κ3) is 3.06. The summed E-state index contributed by atoms with van der Waals surface area (Å²) in [4.78, 5) is 14.6. The molecule has 1 atom stereocenters. The summed E-state index contributed by atoms with van der Waals surface area (Å²) in [5.41, 5.74) is 9.66. The molecule has 2 aromatic rings. The number of likely N-dealkylation sites (N-methyl/N-ethyl adjacent to an activating group) is 1. The third-order valence-electron chi connectivity index (χ3n) is 2.60. The molecule has 0 aromatic carbocycles. The van der Waals surface area contributed by atoms with Gasteiger partial charge in [0.15, 0.2) is 0 Å². The average molecular weight is 249 g/mol. The summed E-state index contributed by atoms with van der Waals surface area (Å²) in [6.07, 6.45) is 3.29. The zero-order valence-electron chi connectivity index (χ0n) is 9.65. The first-order valence-corrected chi connectivity index (χ1v) is 6.29. The molecule has 90 valence electrons. The SMILES string of the molecule is CN(Cc1cscn1)C(CN)c1ccncn1. The molecule has 1 unspecified atom stereocenters. The van der Waals surface area contributed by atoms with Crippen LogP contribution in [-0.2, 0) is 6.54 Å². The van der Waals surface area contributed by atoms with Crippen LogP contribution in [0.5, 0.6) is 0 Å². The molecular weight excluding hydrogens is 234 g/mol. The Bertz CT molecular complexity index is 430. The summed E-state index contributed by atoms with van der Waals surface area (Å²) in [6.45, 7) is 1.30. The van der Waals surface area contributed by atoms with E-state index in [2.05, 4.69) is 19.9 Å². The first kappa shape index (κ1) is 12.1. The molecule has 0 bridgehead atoms. The standard InChI is InChI=1S/C11H15N5S/c1-16(5-9-6-17-8-15-9)11(4-12)10-2-3-13-7-14-10/h2-3,6-8,11H,4-5,12H2,1H3. The monoisotopic (exact) mass is 249 g/mol. The van der Waals surface area contributed by atoms with Crippen LogP contribution in [0.25, 0.3) is 0 Å². The van der Waals surface area contributed by atoms with Gasteiger partial charge in [0, 0.05) is 24.7 Å². The molecular formula is C11H15N5S. The van der Waals surface area contributed by atoms with E-state index in [4.69, 9.17) is 5.73 Å². The van der Waals surface area contributed by atoms with Crippen molar-refractivity contribution in [1.82, 2.24) is 19.9 Å². The predicted octanol–water partition coefficient (Wildman–Crippen LogP) is 1.06. The second-order valence-electron chi connectivity index (χ2n) is 3.78. The number of nitrogens with two attached hydrogens (primary N) is 1. The van der Waals surface area contributed by atoms with Gasteiger partial charge in [-0.05, 0) is 13.1 Å². The maximum atomic E-state index is 5.81. The minimum atomic E-state index is 0.0969. The van der Waals surface area contributed by atoms with Crippen molar-refractivity contribution in [2.24, 2.45) is 5.73 Å². The molecule has 6 heteroatoms. The van der Waals surface area contributed by atoms with E-state index < -0.39 is 0 Å². The predicted molar refractivity (Wildman–Crippen MR) is 67.4 cm³/mol. The van der Waals surface area contributed by atoms with Gasteiger partial charge in [-0.3, -0.25) is 4.90 Å². The fourth-order valence-electron chi connectivity index (χ4n) is 1.71. The Morgan fingerprint density at radius 3 is 2.94 bits per heavy atom. The summed E-state index contributed by atoms with van der Waals surface area (Å²) in [5.74, 6) is 0. The Hall–Kier alpha value is -1.37. The quantitative estimate of drug-likeness (QED) is 0.858. The lowest BCUT2D eigenvalue weighted by molar-refractivity contribution is 0.235. The van der Waals surface area contributed by atoms with Crippen molar-refractivity contribution in [2.75, 3.05) is 13.6 Å². The summed E-state index contributed by atoms with van der Waals surface area (Å²) < 4.78 is 0. The van der Waals surface area contributed by atoms with Crippen LogP contribution in [0, 0.1) is 0 Å². The minimum absolute atomic E-state index is 0.0969. The number of nitrogens with zero attached hydrogens (tertiary/aromatic N) is 4. The zero-order chi connectivity index (χ0) is 12.1. The van der Waals surface area contributed by atoms with E-state index in [9.17, 15) is 0 Å². The highest BCUT2D eigenvalue weighted by atomic mass is 32.1. The summed E-state index contributed by atoms with van der Waals surface area (Å²) >= 11 is 1.60. The van der Waals surface area contributed by atoms with Crippen LogP contribution < -0.4 is 5.73 Å². The van der Waals surface area contributed by atoms with Gasteiger partial charge in [0.2, 0.25) is 0 Å². The lowest BCUT2D eigenvalue weighted by Gasteiger charge is -2.25. The maximum Gasteiger partial charge on any atom is 0.115 e. The summed E-state index contributed by atoms with van der Waals surface area (Å²) in [6, 6.07) is 1.99. The van der Waals surface area contributed by atoms with Crippen molar-refractivity contribution in [3.63, 3.8) is 0 Å². The molecule has 2 rings (SSSR count). The largest absolute Gasteiger partial charge is 0.329 e. The van der Waals surface area contributed by atoms with Crippen LogP contribution in [0.2, 0.25) is 0 Å². The minimum Gasteiger partial charge on any atom is -0.329 e. The maximum absolute atomic E-state index is 5.81. The Morgan fingerprint density at radius 2 is 2.35 bits per heavy atom. The van der Waals surface area contributed by atoms with Crippen LogP contribution in [0.4, 0.5) is 0 Å². The van der Waals surface area contributed by atoms with Crippen LogP contribution in [0.3, 0.4) is 0 Å². The van der Waals surface area contributed by atoms with E-state index in [1.54, 1.807) is 23.9 Å². The van der Waals surface area contributed by atoms with E-state index in [0.717, 1.165) is 17.9 Å².